The summed E-state index contributed by atoms with van der Waals surface area (Å²) in [5.74, 6) is 1.63. The monoisotopic (exact) mass is 672 g/mol. The molecule has 1 heterocycles. The third-order valence-electron chi connectivity index (χ3n) is 11.1. The summed E-state index contributed by atoms with van der Waals surface area (Å²) < 4.78 is 5.30. The first-order valence-corrected chi connectivity index (χ1v) is 22.9. The maximum absolute atomic E-state index is 2.65. The first-order valence-electron chi connectivity index (χ1n) is 22.9. The SMILES string of the molecule is CCCCCCCCCCCCCCCn1cc[n+](CCCCCCCCCCCCCC)c1CCCCCCCCCCCCCC. The van der Waals surface area contributed by atoms with Gasteiger partial charge in [-0.1, -0.05) is 226 Å². The van der Waals surface area contributed by atoms with E-state index in [0.717, 1.165) is 0 Å². The lowest BCUT2D eigenvalue weighted by Crippen LogP contribution is -2.37. The van der Waals surface area contributed by atoms with E-state index in [4.69, 9.17) is 0 Å². The molecule has 0 aromatic carbocycles. The molecular formula is C46H91N2+. The van der Waals surface area contributed by atoms with Crippen LogP contribution >= 0.6 is 0 Å². The van der Waals surface area contributed by atoms with Crippen molar-refractivity contribution in [1.82, 2.24) is 4.57 Å². The second-order valence-electron chi connectivity index (χ2n) is 15.9. The molecule has 2 nitrogen and oxygen atoms in total. The van der Waals surface area contributed by atoms with Crippen LogP contribution in [0.3, 0.4) is 0 Å². The maximum atomic E-state index is 2.65. The van der Waals surface area contributed by atoms with Crippen LogP contribution in [0.25, 0.3) is 0 Å². The maximum Gasteiger partial charge on any atom is 0.256 e. The van der Waals surface area contributed by atoms with Gasteiger partial charge in [0.05, 0.1) is 13.1 Å². The largest absolute Gasteiger partial charge is 0.256 e. The highest BCUT2D eigenvalue weighted by Crippen LogP contribution is 2.16. The number of rotatable bonds is 40. The zero-order valence-electron chi connectivity index (χ0n) is 33.8. The Kier molecular flexibility index (Phi) is 35.3. The van der Waals surface area contributed by atoms with Crippen molar-refractivity contribution in [3.05, 3.63) is 18.2 Å². The molecule has 0 saturated heterocycles. The molecule has 1 rings (SSSR count). The summed E-state index contributed by atoms with van der Waals surface area (Å²) in [6.45, 7) is 9.41. The Bertz CT molecular complexity index is 736. The highest BCUT2D eigenvalue weighted by atomic mass is 15.1. The molecule has 0 saturated carbocycles. The van der Waals surface area contributed by atoms with E-state index in [0.29, 0.717) is 0 Å². The van der Waals surface area contributed by atoms with Gasteiger partial charge in [0, 0.05) is 6.42 Å². The summed E-state index contributed by atoms with van der Waals surface area (Å²) >= 11 is 0. The van der Waals surface area contributed by atoms with E-state index in [9.17, 15) is 0 Å². The molecule has 0 unspecified atom stereocenters. The number of hydrogen-bond donors (Lipinski definition) is 0. The average molecular weight is 672 g/mol. The number of aryl methyl sites for hydroxylation is 2. The van der Waals surface area contributed by atoms with Gasteiger partial charge in [0.1, 0.15) is 12.4 Å². The third-order valence-corrected chi connectivity index (χ3v) is 11.1. The first-order chi connectivity index (χ1) is 23.8. The molecule has 284 valence electrons. The van der Waals surface area contributed by atoms with Crippen molar-refractivity contribution in [2.75, 3.05) is 0 Å². The van der Waals surface area contributed by atoms with Crippen LogP contribution in [0.2, 0.25) is 0 Å². The molecule has 48 heavy (non-hydrogen) atoms. The molecule has 0 aliphatic carbocycles. The lowest BCUT2D eigenvalue weighted by molar-refractivity contribution is -0.704. The predicted octanol–water partition coefficient (Wildman–Crippen LogP) is 15.8. The van der Waals surface area contributed by atoms with Gasteiger partial charge in [0.25, 0.3) is 5.82 Å². The molecule has 0 amide bonds. The second kappa shape index (κ2) is 37.5. The Morgan fingerprint density at radius 2 is 0.646 bits per heavy atom. The molecular weight excluding hydrogens is 581 g/mol. The van der Waals surface area contributed by atoms with E-state index in [-0.39, 0.29) is 0 Å². The van der Waals surface area contributed by atoms with Crippen LogP contribution in [0.1, 0.15) is 264 Å². The summed E-state index contributed by atoms with van der Waals surface area (Å²) in [7, 11) is 0. The van der Waals surface area contributed by atoms with Crippen molar-refractivity contribution in [3.8, 4) is 0 Å². The van der Waals surface area contributed by atoms with E-state index >= 15 is 0 Å². The van der Waals surface area contributed by atoms with Crippen LogP contribution in [0.15, 0.2) is 12.4 Å². The molecule has 0 bridgehead atoms. The average Bonchev–Trinajstić information content (AvgIpc) is 3.48. The number of hydrogen-bond acceptors (Lipinski definition) is 0. The lowest BCUT2D eigenvalue weighted by atomic mass is 10.0. The molecule has 1 aromatic heterocycles. The Labute approximate surface area is 304 Å². The topological polar surface area (TPSA) is 8.81 Å². The van der Waals surface area contributed by atoms with Crippen molar-refractivity contribution in [2.45, 2.75) is 278 Å². The second-order valence-corrected chi connectivity index (χ2v) is 15.9. The molecule has 0 aliphatic rings. The van der Waals surface area contributed by atoms with Gasteiger partial charge < -0.3 is 0 Å². The van der Waals surface area contributed by atoms with Gasteiger partial charge in [-0.05, 0) is 32.1 Å². The van der Waals surface area contributed by atoms with Gasteiger partial charge in [-0.25, -0.2) is 9.13 Å². The van der Waals surface area contributed by atoms with E-state index < -0.39 is 0 Å². The molecule has 1 aromatic rings. The van der Waals surface area contributed by atoms with Crippen LogP contribution in [0, 0.1) is 0 Å². The fourth-order valence-corrected chi connectivity index (χ4v) is 7.74. The Balaban J connectivity index is 2.28. The van der Waals surface area contributed by atoms with E-state index in [2.05, 4.69) is 42.3 Å². The van der Waals surface area contributed by atoms with E-state index in [1.165, 1.54) is 257 Å². The predicted molar refractivity (Wildman–Crippen MR) is 216 cm³/mol. The van der Waals surface area contributed by atoms with Crippen LogP contribution in [-0.2, 0) is 19.5 Å². The van der Waals surface area contributed by atoms with Crippen LogP contribution in [0.5, 0.6) is 0 Å². The Morgan fingerprint density at radius 3 is 1.00 bits per heavy atom. The molecule has 0 fully saturated rings. The van der Waals surface area contributed by atoms with Crippen molar-refractivity contribution < 1.29 is 4.57 Å². The zero-order valence-corrected chi connectivity index (χ0v) is 33.8. The van der Waals surface area contributed by atoms with Crippen LogP contribution in [-0.4, -0.2) is 4.57 Å². The van der Waals surface area contributed by atoms with Crippen molar-refractivity contribution in [1.29, 1.82) is 0 Å². The number of imidazole rings is 1. The standard InChI is InChI=1S/C46H91N2/c1-4-7-10-13-16-19-22-25-28-31-34-37-40-43-48-45-44-47(42-39-36-33-30-27-24-21-18-15-12-9-6-3)46(48)41-38-35-32-29-26-23-20-17-14-11-8-5-2/h44-45H,4-43H2,1-3H3/q+1. The van der Waals surface area contributed by atoms with E-state index in [1.54, 1.807) is 5.82 Å². The lowest BCUT2D eigenvalue weighted by Gasteiger charge is -2.07. The van der Waals surface area contributed by atoms with Gasteiger partial charge in [-0.2, -0.15) is 0 Å². The van der Waals surface area contributed by atoms with Gasteiger partial charge in [0.15, 0.2) is 0 Å². The molecule has 0 spiro atoms. The van der Waals surface area contributed by atoms with Gasteiger partial charge >= 0.3 is 0 Å². The summed E-state index contributed by atoms with van der Waals surface area (Å²) in [6, 6.07) is 0. The summed E-state index contributed by atoms with van der Waals surface area (Å²) in [5.41, 5.74) is 0. The third kappa shape index (κ3) is 29.0. The zero-order chi connectivity index (χ0) is 34.4. The molecule has 0 radical (unpaired) electrons. The first kappa shape index (κ1) is 45.2. The fourth-order valence-electron chi connectivity index (χ4n) is 7.74. The van der Waals surface area contributed by atoms with Crippen molar-refractivity contribution >= 4 is 0 Å². The van der Waals surface area contributed by atoms with Crippen LogP contribution < -0.4 is 4.57 Å². The van der Waals surface area contributed by atoms with Crippen molar-refractivity contribution in [2.24, 2.45) is 0 Å². The number of unbranched alkanes of at least 4 members (excludes halogenated alkanes) is 34. The molecule has 2 heteroatoms. The van der Waals surface area contributed by atoms with Gasteiger partial charge in [-0.15, -0.1) is 0 Å². The smallest absolute Gasteiger partial charge is 0.234 e. The number of nitrogens with zero attached hydrogens (tertiary/aromatic N) is 2. The minimum atomic E-state index is 1.23. The van der Waals surface area contributed by atoms with Crippen molar-refractivity contribution in [3.63, 3.8) is 0 Å². The van der Waals surface area contributed by atoms with Crippen LogP contribution in [0.4, 0.5) is 0 Å². The normalized spacial score (nSPS) is 11.6. The number of aromatic nitrogens is 2. The minimum Gasteiger partial charge on any atom is -0.234 e. The highest BCUT2D eigenvalue weighted by molar-refractivity contribution is 4.84. The van der Waals surface area contributed by atoms with Gasteiger partial charge in [0.2, 0.25) is 0 Å². The summed E-state index contributed by atoms with van der Waals surface area (Å²) in [6.07, 6.45) is 59.3. The van der Waals surface area contributed by atoms with E-state index in [1.807, 2.05) is 0 Å². The summed E-state index contributed by atoms with van der Waals surface area (Å²) in [5, 5.41) is 0. The van der Waals surface area contributed by atoms with Gasteiger partial charge in [-0.3, -0.25) is 0 Å². The fraction of sp³-hybridized carbons (Fsp3) is 0.935. The Hall–Kier alpha value is -0.790. The Morgan fingerprint density at radius 1 is 0.354 bits per heavy atom. The molecule has 0 atom stereocenters. The molecule has 0 N–H and O–H groups in total. The highest BCUT2D eigenvalue weighted by Gasteiger charge is 2.16. The molecule has 0 aliphatic heterocycles. The quantitative estimate of drug-likeness (QED) is 0.0485. The minimum absolute atomic E-state index is 1.23. The summed E-state index contributed by atoms with van der Waals surface area (Å²) in [4.78, 5) is 0.